The summed E-state index contributed by atoms with van der Waals surface area (Å²) in [5.41, 5.74) is 0. The molecule has 0 unspecified atom stereocenters. The third-order valence-corrected chi connectivity index (χ3v) is 7.71. The zero-order valence-electron chi connectivity index (χ0n) is 17.0. The molecule has 0 radical (unpaired) electrons. The van der Waals surface area contributed by atoms with Crippen LogP contribution in [-0.4, -0.2) is 33.1 Å². The number of alkyl halides is 6. The molecule has 178 valence electrons. The molecule has 33 heavy (non-hydrogen) atoms. The van der Waals surface area contributed by atoms with E-state index in [1.807, 2.05) is 0 Å². The molecule has 0 saturated heterocycles. The molecule has 0 aliphatic heterocycles. The Kier molecular flexibility index (Phi) is 9.38. The van der Waals surface area contributed by atoms with Crippen LogP contribution in [0.2, 0.25) is 0 Å². The van der Waals surface area contributed by atoms with Gasteiger partial charge in [0, 0.05) is 6.54 Å². The lowest BCUT2D eigenvalue weighted by molar-refractivity contribution is -0.241. The normalized spacial score (nSPS) is 12.2. The van der Waals surface area contributed by atoms with Crippen molar-refractivity contribution >= 4 is 20.9 Å². The van der Waals surface area contributed by atoms with Gasteiger partial charge in [-0.15, -0.1) is 0 Å². The number of rotatable bonds is 7. The summed E-state index contributed by atoms with van der Waals surface area (Å²) in [6.45, 7) is -2.51. The van der Waals surface area contributed by atoms with Crippen molar-refractivity contribution in [3.8, 4) is 0 Å². The summed E-state index contributed by atoms with van der Waals surface area (Å²) >= 11 is 0. The molecule has 0 bridgehead atoms. The monoisotopic (exact) mass is 508 g/mol. The molecule has 3 nitrogen and oxygen atoms in total. The van der Waals surface area contributed by atoms with Gasteiger partial charge in [-0.3, -0.25) is 0 Å². The Hall–Kier alpha value is -2.50. The average molecular weight is 509 g/mol. The van der Waals surface area contributed by atoms with Crippen molar-refractivity contribution in [3.05, 3.63) is 91.0 Å². The fourth-order valence-corrected chi connectivity index (χ4v) is 5.43. The summed E-state index contributed by atoms with van der Waals surface area (Å²) < 4.78 is 91.5. The van der Waals surface area contributed by atoms with Crippen LogP contribution in [0.25, 0.3) is 0 Å². The maximum absolute atomic E-state index is 12.1. The maximum Gasteiger partial charge on any atom is 0.470 e. The zero-order valence-corrected chi connectivity index (χ0v) is 18.6. The molecular weight excluding hydrogens is 488 g/mol. The van der Waals surface area contributed by atoms with E-state index in [1.54, 1.807) is 0 Å². The Morgan fingerprint density at radius 2 is 1.00 bits per heavy atom. The van der Waals surface area contributed by atoms with Crippen LogP contribution in [0.4, 0.5) is 26.3 Å². The van der Waals surface area contributed by atoms with Crippen molar-refractivity contribution in [2.75, 3.05) is 13.2 Å². The predicted molar refractivity (Wildman–Crippen MR) is 115 cm³/mol. The van der Waals surface area contributed by atoms with Gasteiger partial charge in [0.25, 0.3) is 10.0 Å². The second-order valence-corrected chi connectivity index (χ2v) is 10.2. The SMILES string of the molecule is O=S(=O)(NCCF)C(F)(F)C(F)(F)F.c1ccc([S+](c2ccccc2)c2ccccc2)cc1. The second kappa shape index (κ2) is 11.6. The van der Waals surface area contributed by atoms with Gasteiger partial charge in [0.1, 0.15) is 6.67 Å². The van der Waals surface area contributed by atoms with Crippen LogP contribution >= 0.6 is 0 Å². The standard InChI is InChI=1S/C18H15S.C4H5F6NO2S/c1-4-10-16(11-5-1)19(17-12-6-2-7-13-17)18-14-8-3-9-15-18;5-1-2-11-14(12,13)4(9,10)3(6,7)8/h1-15H;11H,1-2H2/q+1;. The van der Waals surface area contributed by atoms with Crippen LogP contribution in [-0.2, 0) is 20.9 Å². The lowest BCUT2D eigenvalue weighted by Crippen LogP contribution is -2.50. The highest BCUT2D eigenvalue weighted by Gasteiger charge is 2.67. The molecule has 0 aromatic heterocycles. The molecule has 0 aliphatic rings. The minimum atomic E-state index is -6.23. The molecule has 0 amide bonds. The number of hydrogen-bond acceptors (Lipinski definition) is 2. The zero-order chi connectivity index (χ0) is 24.5. The maximum atomic E-state index is 12.1. The van der Waals surface area contributed by atoms with Crippen LogP contribution in [0.5, 0.6) is 0 Å². The molecule has 3 aromatic rings. The van der Waals surface area contributed by atoms with Crippen LogP contribution < -0.4 is 4.72 Å². The molecule has 3 aromatic carbocycles. The number of sulfonamides is 1. The first-order valence-electron chi connectivity index (χ1n) is 9.40. The van der Waals surface area contributed by atoms with Gasteiger partial charge in [-0.25, -0.2) is 17.5 Å². The van der Waals surface area contributed by atoms with Crippen molar-refractivity contribution in [1.82, 2.24) is 4.72 Å². The van der Waals surface area contributed by atoms with Crippen molar-refractivity contribution in [1.29, 1.82) is 0 Å². The molecule has 0 saturated carbocycles. The van der Waals surface area contributed by atoms with Gasteiger partial charge in [0.2, 0.25) is 0 Å². The highest BCUT2D eigenvalue weighted by molar-refractivity contribution is 7.97. The van der Waals surface area contributed by atoms with Gasteiger partial charge in [-0.05, 0) is 36.4 Å². The quantitative estimate of drug-likeness (QED) is 0.323. The van der Waals surface area contributed by atoms with E-state index in [1.165, 1.54) is 14.7 Å². The summed E-state index contributed by atoms with van der Waals surface area (Å²) in [5, 5.41) is -5.92. The van der Waals surface area contributed by atoms with Crippen LogP contribution in [0.15, 0.2) is 106 Å². The molecule has 3 rings (SSSR count). The van der Waals surface area contributed by atoms with Gasteiger partial charge < -0.3 is 0 Å². The number of hydrogen-bond donors (Lipinski definition) is 1. The second-order valence-electron chi connectivity index (χ2n) is 6.35. The Labute approximate surface area is 190 Å². The van der Waals surface area contributed by atoms with Crippen LogP contribution in [0, 0.1) is 0 Å². The highest BCUT2D eigenvalue weighted by atomic mass is 32.2. The fourth-order valence-electron chi connectivity index (χ4n) is 2.49. The molecule has 0 aliphatic carbocycles. The molecule has 0 spiro atoms. The number of nitrogens with one attached hydrogen (secondary N) is 1. The Bertz CT molecular complexity index is 986. The van der Waals surface area contributed by atoms with Crippen molar-refractivity contribution < 1.29 is 34.8 Å². The van der Waals surface area contributed by atoms with Gasteiger partial charge in [0.05, 0.1) is 10.9 Å². The van der Waals surface area contributed by atoms with E-state index < -0.39 is 34.7 Å². The molecular formula is C22H20F6NO2S2+. The molecule has 11 heteroatoms. The van der Waals surface area contributed by atoms with E-state index in [9.17, 15) is 34.8 Å². The molecule has 1 N–H and O–H groups in total. The smallest absolute Gasteiger partial charge is 0.250 e. The predicted octanol–water partition coefficient (Wildman–Crippen LogP) is 5.81. The van der Waals surface area contributed by atoms with E-state index in [0.717, 1.165) is 4.72 Å². The molecule has 0 heterocycles. The first-order chi connectivity index (χ1) is 15.5. The Morgan fingerprint density at radius 1 is 0.667 bits per heavy atom. The van der Waals surface area contributed by atoms with Crippen molar-refractivity contribution in [3.63, 3.8) is 0 Å². The number of halogens is 6. The minimum absolute atomic E-state index is 0.0146. The third-order valence-electron chi connectivity index (χ3n) is 3.99. The van der Waals surface area contributed by atoms with Gasteiger partial charge in [0.15, 0.2) is 14.7 Å². The van der Waals surface area contributed by atoms with Gasteiger partial charge >= 0.3 is 11.4 Å². The van der Waals surface area contributed by atoms with Gasteiger partial charge in [-0.1, -0.05) is 54.6 Å². The summed E-state index contributed by atoms with van der Waals surface area (Å²) in [7, 11) is -5.94. The van der Waals surface area contributed by atoms with Crippen molar-refractivity contribution in [2.24, 2.45) is 0 Å². The third kappa shape index (κ3) is 6.99. The lowest BCUT2D eigenvalue weighted by atomic mass is 10.4. The minimum Gasteiger partial charge on any atom is -0.250 e. The topological polar surface area (TPSA) is 46.2 Å². The van der Waals surface area contributed by atoms with E-state index in [0.29, 0.717) is 0 Å². The first-order valence-corrected chi connectivity index (χ1v) is 12.1. The van der Waals surface area contributed by atoms with E-state index in [2.05, 4.69) is 91.0 Å². The van der Waals surface area contributed by atoms with Gasteiger partial charge in [-0.2, -0.15) is 22.0 Å². The summed E-state index contributed by atoms with van der Waals surface area (Å²) in [5.74, 6) is 0. The summed E-state index contributed by atoms with van der Waals surface area (Å²) in [6, 6.07) is 32.2. The van der Waals surface area contributed by atoms with Crippen LogP contribution in [0.3, 0.4) is 0 Å². The summed E-state index contributed by atoms with van der Waals surface area (Å²) in [4.78, 5) is 4.08. The Balaban J connectivity index is 0.000000248. The average Bonchev–Trinajstić information content (AvgIpc) is 2.80. The van der Waals surface area contributed by atoms with Crippen molar-refractivity contribution in [2.45, 2.75) is 26.1 Å². The molecule has 0 atom stereocenters. The van der Waals surface area contributed by atoms with Crippen LogP contribution in [0.1, 0.15) is 0 Å². The lowest BCUT2D eigenvalue weighted by Gasteiger charge is -2.19. The van der Waals surface area contributed by atoms with E-state index in [-0.39, 0.29) is 10.9 Å². The molecule has 0 fully saturated rings. The fraction of sp³-hybridized carbons (Fsp3) is 0.182. The Morgan fingerprint density at radius 3 is 1.27 bits per heavy atom. The summed E-state index contributed by atoms with van der Waals surface area (Å²) in [6.07, 6.45) is -6.23. The number of benzene rings is 3. The first kappa shape index (κ1) is 26.7. The van der Waals surface area contributed by atoms with E-state index in [4.69, 9.17) is 0 Å². The largest absolute Gasteiger partial charge is 0.470 e. The van der Waals surface area contributed by atoms with E-state index >= 15 is 0 Å². The highest BCUT2D eigenvalue weighted by Crippen LogP contribution is 2.39.